The third kappa shape index (κ3) is 6.89. The van der Waals surface area contributed by atoms with Gasteiger partial charge in [-0.3, -0.25) is 0 Å². The molecule has 1 aliphatic heterocycles. The molecule has 1 N–H and O–H groups in total. The van der Waals surface area contributed by atoms with Gasteiger partial charge in [0.15, 0.2) is 0 Å². The summed E-state index contributed by atoms with van der Waals surface area (Å²) in [5, 5.41) is 10.3. The maximum absolute atomic E-state index is 10.3. The van der Waals surface area contributed by atoms with Gasteiger partial charge in [-0.15, -0.1) is 0 Å². The second kappa shape index (κ2) is 10.9. The van der Waals surface area contributed by atoms with E-state index in [9.17, 15) is 5.11 Å². The first kappa shape index (κ1) is 25.0. The van der Waals surface area contributed by atoms with Gasteiger partial charge >= 0.3 is 0 Å². The number of hydrogen-bond donors (Lipinski definition) is 1. The van der Waals surface area contributed by atoms with Crippen LogP contribution in [0.3, 0.4) is 0 Å². The third-order valence-electron chi connectivity index (χ3n) is 6.35. The molecule has 170 valence electrons. The van der Waals surface area contributed by atoms with Crippen LogP contribution in [-0.2, 0) is 0 Å². The first-order valence-electron chi connectivity index (χ1n) is 11.7. The summed E-state index contributed by atoms with van der Waals surface area (Å²) < 4.78 is 6.44. The molecule has 0 radical (unpaired) electrons. The Morgan fingerprint density at radius 1 is 1.06 bits per heavy atom. The Bertz CT molecular complexity index is 881. The Morgan fingerprint density at radius 3 is 2.42 bits per heavy atom. The monoisotopic (exact) mass is 422 g/mol. The molecular formula is C29H42O2. The summed E-state index contributed by atoms with van der Waals surface area (Å²) in [5.74, 6) is 2.41. The van der Waals surface area contributed by atoms with Gasteiger partial charge in [0.1, 0.15) is 17.1 Å². The van der Waals surface area contributed by atoms with Gasteiger partial charge in [0.2, 0.25) is 0 Å². The fourth-order valence-electron chi connectivity index (χ4n) is 3.98. The predicted molar refractivity (Wildman–Crippen MR) is 135 cm³/mol. The lowest BCUT2D eigenvalue weighted by Gasteiger charge is -2.33. The molecule has 0 bridgehead atoms. The van der Waals surface area contributed by atoms with Crippen LogP contribution in [-0.4, -0.2) is 10.7 Å². The summed E-state index contributed by atoms with van der Waals surface area (Å²) in [7, 11) is 0. The second-order valence-corrected chi connectivity index (χ2v) is 9.83. The molecule has 1 aliphatic rings. The predicted octanol–water partition coefficient (Wildman–Crippen LogP) is 8.39. The van der Waals surface area contributed by atoms with E-state index in [1.807, 2.05) is 20.8 Å². The van der Waals surface area contributed by atoms with E-state index in [1.165, 1.54) is 18.4 Å². The fourth-order valence-corrected chi connectivity index (χ4v) is 3.98. The van der Waals surface area contributed by atoms with Gasteiger partial charge < -0.3 is 9.84 Å². The van der Waals surface area contributed by atoms with Crippen molar-refractivity contribution in [2.45, 2.75) is 86.7 Å². The molecule has 0 aliphatic carbocycles. The molecule has 1 aromatic rings. The maximum atomic E-state index is 10.3. The van der Waals surface area contributed by atoms with Crippen LogP contribution in [0.2, 0.25) is 0 Å². The molecule has 0 saturated heterocycles. The molecule has 2 rings (SSSR count). The zero-order valence-corrected chi connectivity index (χ0v) is 20.9. The van der Waals surface area contributed by atoms with Crippen molar-refractivity contribution in [3.63, 3.8) is 0 Å². The molecule has 2 nitrogen and oxygen atoms in total. The van der Waals surface area contributed by atoms with Crippen molar-refractivity contribution in [3.8, 4) is 11.5 Å². The quantitative estimate of drug-likeness (QED) is 0.405. The third-order valence-corrected chi connectivity index (χ3v) is 6.35. The topological polar surface area (TPSA) is 29.5 Å². The van der Waals surface area contributed by atoms with E-state index in [0.717, 1.165) is 46.8 Å². The van der Waals surface area contributed by atoms with Crippen LogP contribution in [0.25, 0.3) is 6.08 Å². The zero-order chi connectivity index (χ0) is 23.2. The Kier molecular flexibility index (Phi) is 8.79. The van der Waals surface area contributed by atoms with Crippen molar-refractivity contribution in [1.29, 1.82) is 0 Å². The minimum atomic E-state index is -0.368. The van der Waals surface area contributed by atoms with Gasteiger partial charge in [0.25, 0.3) is 0 Å². The van der Waals surface area contributed by atoms with Crippen LogP contribution in [0.1, 0.15) is 82.6 Å². The number of rotatable bonds is 9. The lowest BCUT2D eigenvalue weighted by atomic mass is 9.90. The van der Waals surface area contributed by atoms with Crippen molar-refractivity contribution >= 4 is 6.08 Å². The van der Waals surface area contributed by atoms with Crippen molar-refractivity contribution < 1.29 is 9.84 Å². The largest absolute Gasteiger partial charge is 0.507 e. The summed E-state index contributed by atoms with van der Waals surface area (Å²) >= 11 is 0. The number of ether oxygens (including phenoxy) is 1. The van der Waals surface area contributed by atoms with Crippen molar-refractivity contribution in [1.82, 2.24) is 0 Å². The Morgan fingerprint density at radius 2 is 1.74 bits per heavy atom. The molecule has 1 aromatic carbocycles. The van der Waals surface area contributed by atoms with Gasteiger partial charge in [-0.1, -0.05) is 55.9 Å². The number of benzene rings is 1. The molecule has 3 atom stereocenters. The van der Waals surface area contributed by atoms with E-state index in [-0.39, 0.29) is 5.60 Å². The Labute approximate surface area is 190 Å². The average molecular weight is 423 g/mol. The number of phenols is 1. The minimum Gasteiger partial charge on any atom is -0.507 e. The molecule has 0 fully saturated rings. The molecule has 0 aromatic heterocycles. The zero-order valence-electron chi connectivity index (χ0n) is 20.9. The van der Waals surface area contributed by atoms with Crippen LogP contribution < -0.4 is 4.74 Å². The summed E-state index contributed by atoms with van der Waals surface area (Å²) in [6.07, 6.45) is 20.1. The van der Waals surface area contributed by atoms with E-state index < -0.39 is 0 Å². The van der Waals surface area contributed by atoms with Gasteiger partial charge in [-0.25, -0.2) is 0 Å². The number of hydrogen-bond acceptors (Lipinski definition) is 2. The lowest BCUT2D eigenvalue weighted by Crippen LogP contribution is -2.32. The highest BCUT2D eigenvalue weighted by molar-refractivity contribution is 5.71. The molecule has 0 spiro atoms. The van der Waals surface area contributed by atoms with Crippen molar-refractivity contribution in [2.24, 2.45) is 11.8 Å². The minimum absolute atomic E-state index is 0.368. The highest BCUT2D eigenvalue weighted by atomic mass is 16.5. The van der Waals surface area contributed by atoms with Crippen molar-refractivity contribution in [2.75, 3.05) is 0 Å². The first-order chi connectivity index (χ1) is 14.5. The van der Waals surface area contributed by atoms with Gasteiger partial charge in [0.05, 0.1) is 0 Å². The van der Waals surface area contributed by atoms with Crippen LogP contribution in [0.5, 0.6) is 11.5 Å². The van der Waals surface area contributed by atoms with E-state index in [0.29, 0.717) is 11.7 Å². The highest BCUT2D eigenvalue weighted by Gasteiger charge is 2.29. The summed E-state index contributed by atoms with van der Waals surface area (Å²) in [6, 6.07) is 0. The van der Waals surface area contributed by atoms with E-state index in [4.69, 9.17) is 4.74 Å². The van der Waals surface area contributed by atoms with E-state index in [2.05, 4.69) is 77.2 Å². The maximum Gasteiger partial charge on any atom is 0.131 e. The van der Waals surface area contributed by atoms with E-state index >= 15 is 0 Å². The number of fused-ring (bicyclic) bond motifs is 1. The van der Waals surface area contributed by atoms with Gasteiger partial charge in [0, 0.05) is 17.5 Å². The normalized spacial score (nSPS) is 20.0. The van der Waals surface area contributed by atoms with Crippen LogP contribution in [0.15, 0.2) is 42.0 Å². The number of phenolic OH excluding ortho intramolecular Hbond substituents is 1. The number of aromatic hydroxyl groups is 1. The molecule has 0 amide bonds. The number of allylic oxidation sites excluding steroid dienone is 5. The molecule has 0 unspecified atom stereocenters. The Balaban J connectivity index is 1.91. The summed E-state index contributed by atoms with van der Waals surface area (Å²) in [5.41, 5.74) is 4.85. The molecule has 0 saturated carbocycles. The van der Waals surface area contributed by atoms with E-state index in [1.54, 1.807) is 0 Å². The standard InChI is InChI=1S/C29H42O2/c1-20(2)12-9-13-21(3)14-10-15-22(4)16-11-18-29(8)19-17-26-25(7)27(30)23(5)24(6)28(26)31-29/h10-12,15-17,19,21-22,30H,9,13-14,18H2,1-8H3/b15-10+,16-11+/t21-,22-,29-/m1/s1. The van der Waals surface area contributed by atoms with Crippen LogP contribution in [0.4, 0.5) is 0 Å². The van der Waals surface area contributed by atoms with Crippen molar-refractivity contribution in [3.05, 3.63) is 64.3 Å². The summed E-state index contributed by atoms with van der Waals surface area (Å²) in [6.45, 7) is 17.0. The summed E-state index contributed by atoms with van der Waals surface area (Å²) in [4.78, 5) is 0. The molecule has 2 heteroatoms. The second-order valence-electron chi connectivity index (χ2n) is 9.83. The Hall–Kier alpha value is -2.22. The van der Waals surface area contributed by atoms with Crippen LogP contribution in [0, 0.1) is 32.6 Å². The molecular weight excluding hydrogens is 380 g/mol. The van der Waals surface area contributed by atoms with Gasteiger partial charge in [-0.2, -0.15) is 0 Å². The van der Waals surface area contributed by atoms with Gasteiger partial charge in [-0.05, 0) is 89.8 Å². The SMILES string of the molecule is CC(C)=CCC[C@@H](C)C/C=C/[C@@H](C)/C=C/C[C@]1(C)C=Cc2c(C)c(O)c(C)c(C)c2O1. The lowest BCUT2D eigenvalue weighted by molar-refractivity contribution is 0.139. The first-order valence-corrected chi connectivity index (χ1v) is 11.7. The average Bonchev–Trinajstić information content (AvgIpc) is 2.70. The molecule has 31 heavy (non-hydrogen) atoms. The van der Waals surface area contributed by atoms with Crippen LogP contribution >= 0.6 is 0 Å². The smallest absolute Gasteiger partial charge is 0.131 e. The fraction of sp³-hybridized carbons (Fsp3) is 0.517. The highest BCUT2D eigenvalue weighted by Crippen LogP contribution is 2.42. The molecule has 1 heterocycles.